The molecule has 0 heterocycles. The van der Waals surface area contributed by atoms with Crippen LogP contribution in [-0.4, -0.2) is 0 Å². The van der Waals surface area contributed by atoms with Gasteiger partial charge in [-0.3, -0.25) is 0 Å². The molecule has 0 aromatic rings. The maximum Gasteiger partial charge on any atom is 0 e. The predicted molar refractivity (Wildman–Crippen MR) is 13.8 cm³/mol. The molecule has 0 rings (SSSR count). The quantitative estimate of drug-likeness (QED) is 0.472. The average molecular weight is 304 g/mol. The van der Waals surface area contributed by atoms with Gasteiger partial charge in [0.25, 0.3) is 0 Å². The van der Waals surface area contributed by atoms with Crippen molar-refractivity contribution in [1.82, 2.24) is 0 Å². The van der Waals surface area contributed by atoms with E-state index < -0.39 is 0 Å². The molecule has 0 amide bonds. The molecule has 0 aliphatic carbocycles. The first kappa shape index (κ1) is 9.40. The van der Waals surface area contributed by atoms with Crippen LogP contribution in [0.25, 0.3) is 0 Å². The molecule has 0 saturated carbocycles. The summed E-state index contributed by atoms with van der Waals surface area (Å²) in [5.41, 5.74) is 0. The fourth-order valence-electron chi connectivity index (χ4n) is 0. The van der Waals surface area contributed by atoms with Gasteiger partial charge in [0.15, 0.2) is 0 Å². The smallest absolute Gasteiger partial charge is 0 e. The molecule has 0 aromatic heterocycles. The number of hydrogen-bond acceptors (Lipinski definition) is 0. The van der Waals surface area contributed by atoms with Crippen LogP contribution in [0.15, 0.2) is 0 Å². The summed E-state index contributed by atoms with van der Waals surface area (Å²) in [5.74, 6) is 0. The van der Waals surface area contributed by atoms with Gasteiger partial charge in [0.2, 0.25) is 0 Å². The van der Waals surface area contributed by atoms with Crippen LogP contribution in [0.1, 0.15) is 0 Å². The van der Waals surface area contributed by atoms with E-state index in [1.165, 1.54) is 0 Å². The largest absolute Gasteiger partial charge is 0 e. The maximum absolute atomic E-state index is 3.59. The molecule has 0 saturated heterocycles. The minimum atomic E-state index is 0. The first-order valence-electron chi connectivity index (χ1n) is 0.283. The Bertz CT molecular complexity index is 79.2. The van der Waals surface area contributed by atoms with Gasteiger partial charge in [-0.2, -0.15) is 0 Å². The van der Waals surface area contributed by atoms with Gasteiger partial charge >= 0.3 is 26.9 Å². The van der Waals surface area contributed by atoms with Crippen molar-refractivity contribution in [2.75, 3.05) is 0 Å². The first-order chi connectivity index (χ1) is 1.41. The van der Waals surface area contributed by atoms with Crippen LogP contribution in [0, 0.1) is 0 Å². The van der Waals surface area contributed by atoms with E-state index in [2.05, 4.69) is 14.7 Å². The van der Waals surface area contributed by atoms with Crippen LogP contribution in [0.2, 0.25) is 0 Å². The van der Waals surface area contributed by atoms with Crippen molar-refractivity contribution in [2.45, 2.75) is 0 Å². The Balaban J connectivity index is 0. The SMILES string of the molecule is [P]#[Ni]#[P].[W]. The van der Waals surface area contributed by atoms with Crippen LogP contribution in [0.5, 0.6) is 0 Å². The topological polar surface area (TPSA) is 0 Å². The standard InChI is InChI=1S/Ni.2P.W. The van der Waals surface area contributed by atoms with Gasteiger partial charge in [-0.05, 0) is 0 Å². The Morgan fingerprint density at radius 3 is 1.25 bits per heavy atom. The molecule has 0 N–H and O–H groups in total. The van der Waals surface area contributed by atoms with Crippen molar-refractivity contribution in [1.29, 1.82) is 0 Å². The molecule has 0 unspecified atom stereocenters. The van der Waals surface area contributed by atoms with Crippen molar-refractivity contribution in [3.8, 4) is 0 Å². The zero-order chi connectivity index (χ0) is 2.71. The normalized spacial score (nSPS) is 3.50. The third kappa shape index (κ3) is 8.97. The second kappa shape index (κ2) is 8.90. The zero-order valence-electron chi connectivity index (χ0n) is 1.62. The average Bonchev–Trinajstić information content (AvgIpc) is 0.918. The molecule has 4 heavy (non-hydrogen) atoms. The Labute approximate surface area is 48.0 Å². The van der Waals surface area contributed by atoms with Crippen LogP contribution >= 0.6 is 14.7 Å². The molecule has 26 valence electrons. The Morgan fingerprint density at radius 1 is 1.25 bits per heavy atom. The van der Waals surface area contributed by atoms with Crippen molar-refractivity contribution < 1.29 is 33.3 Å². The van der Waals surface area contributed by atoms with Crippen molar-refractivity contribution in [2.24, 2.45) is 0 Å². The van der Waals surface area contributed by atoms with Crippen molar-refractivity contribution in [3.63, 3.8) is 0 Å². The van der Waals surface area contributed by atoms with Crippen LogP contribution in [-0.2, 0) is 33.3 Å². The molecule has 4 heteroatoms. The predicted octanol–water partition coefficient (Wildman–Crippen LogP) is 1.72. The van der Waals surface area contributed by atoms with Gasteiger partial charge in [-0.15, -0.1) is 0 Å². The summed E-state index contributed by atoms with van der Waals surface area (Å²) in [5, 5.41) is 0. The minimum absolute atomic E-state index is 0. The third-order valence-electron chi connectivity index (χ3n) is 0. The van der Waals surface area contributed by atoms with Crippen molar-refractivity contribution >= 4 is 14.7 Å². The van der Waals surface area contributed by atoms with E-state index in [0.29, 0.717) is 0 Å². The van der Waals surface area contributed by atoms with E-state index in [4.69, 9.17) is 0 Å². The summed E-state index contributed by atoms with van der Waals surface area (Å²) < 4.78 is 0. The summed E-state index contributed by atoms with van der Waals surface area (Å²) in [6.07, 6.45) is 0. The number of hydrogen-bond donors (Lipinski definition) is 0. The monoisotopic (exact) mass is 304 g/mol. The Morgan fingerprint density at radius 2 is 1.25 bits per heavy atom. The van der Waals surface area contributed by atoms with Gasteiger partial charge in [0, 0.05) is 21.1 Å². The second-order valence-electron chi connectivity index (χ2n) is 0.0632. The fourth-order valence-corrected chi connectivity index (χ4v) is 0. The number of rotatable bonds is 0. The summed E-state index contributed by atoms with van der Waals surface area (Å²) in [7, 11) is 7.18. The molecular weight excluding hydrogens is 304 g/mol. The molecule has 0 aromatic carbocycles. The van der Waals surface area contributed by atoms with E-state index in [0.717, 1.165) is 12.2 Å². The van der Waals surface area contributed by atoms with Crippen molar-refractivity contribution in [3.05, 3.63) is 0 Å². The van der Waals surface area contributed by atoms with Crippen LogP contribution in [0.4, 0.5) is 0 Å². The summed E-state index contributed by atoms with van der Waals surface area (Å²) in [6, 6.07) is 0. The molecule has 0 bridgehead atoms. The van der Waals surface area contributed by atoms with E-state index in [-0.39, 0.29) is 21.1 Å². The van der Waals surface area contributed by atoms with Crippen LogP contribution in [0.3, 0.4) is 0 Å². The molecule has 0 spiro atoms. The summed E-state index contributed by atoms with van der Waals surface area (Å²) >= 11 is 1.01. The molecule has 0 aliphatic rings. The molecule has 0 fully saturated rings. The Kier molecular flexibility index (Phi) is 20.9. The first-order valence-corrected chi connectivity index (χ1v) is 3.50. The van der Waals surface area contributed by atoms with E-state index >= 15 is 0 Å². The van der Waals surface area contributed by atoms with Gasteiger partial charge in [0.1, 0.15) is 0 Å². The molecule has 0 aliphatic heterocycles. The Hall–Kier alpha value is 2.04. The van der Waals surface area contributed by atoms with Gasteiger partial charge in [0.05, 0.1) is 0 Å². The van der Waals surface area contributed by atoms with E-state index in [1.807, 2.05) is 0 Å². The molecular formula is NiP2W. The summed E-state index contributed by atoms with van der Waals surface area (Å²) in [4.78, 5) is 0. The molecule has 0 atom stereocenters. The van der Waals surface area contributed by atoms with Gasteiger partial charge in [-0.1, -0.05) is 0 Å². The van der Waals surface area contributed by atoms with E-state index in [9.17, 15) is 0 Å². The van der Waals surface area contributed by atoms with E-state index in [1.54, 1.807) is 0 Å². The zero-order valence-corrected chi connectivity index (χ0v) is 7.33. The second-order valence-corrected chi connectivity index (χ2v) is 2.35. The van der Waals surface area contributed by atoms with Crippen LogP contribution < -0.4 is 0 Å². The maximum atomic E-state index is 3.59. The minimum Gasteiger partial charge on any atom is 0 e. The molecule has 0 nitrogen and oxygen atoms in total. The van der Waals surface area contributed by atoms with Gasteiger partial charge < -0.3 is 0 Å². The third-order valence-corrected chi connectivity index (χ3v) is 0. The molecule has 0 radical (unpaired) electrons. The fraction of sp³-hybridized carbons (Fsp3) is 0. The summed E-state index contributed by atoms with van der Waals surface area (Å²) in [6.45, 7) is 0. The van der Waals surface area contributed by atoms with Gasteiger partial charge in [-0.25, -0.2) is 0 Å².